The molecule has 0 aromatic heterocycles. The quantitative estimate of drug-likeness (QED) is 0.566. The summed E-state index contributed by atoms with van der Waals surface area (Å²) in [5.74, 6) is 0. The van der Waals surface area contributed by atoms with Crippen LogP contribution in [0.3, 0.4) is 0 Å². The zero-order chi connectivity index (χ0) is 17.2. The number of nitrogens with one attached hydrogen (secondary N) is 1. The molecule has 0 heterocycles. The molecule has 2 N–H and O–H groups in total. The Balaban J connectivity index is 1.77. The number of hydrogen-bond donors (Lipinski definition) is 2. The van der Waals surface area contributed by atoms with E-state index in [0.717, 1.165) is 24.0 Å². The van der Waals surface area contributed by atoms with E-state index in [1.807, 2.05) is 25.1 Å². The van der Waals surface area contributed by atoms with Crippen LogP contribution in [0.1, 0.15) is 31.7 Å². The first kappa shape index (κ1) is 18.0. The Bertz CT molecular complexity index is 611. The number of benzene rings is 2. The summed E-state index contributed by atoms with van der Waals surface area (Å²) in [5, 5.41) is 12.3. The number of ether oxygens (including phenoxy) is 1. The molecule has 1 atom stereocenters. The van der Waals surface area contributed by atoms with E-state index in [1.165, 1.54) is 5.56 Å². The Kier molecular flexibility index (Phi) is 7.30. The minimum Gasteiger partial charge on any atom is -0.450 e. The van der Waals surface area contributed by atoms with Crippen molar-refractivity contribution >= 4 is 6.09 Å². The Morgan fingerprint density at radius 2 is 1.75 bits per heavy atom. The van der Waals surface area contributed by atoms with Crippen molar-refractivity contribution in [2.45, 2.75) is 38.8 Å². The molecule has 1 unspecified atom stereocenters. The molecule has 0 saturated carbocycles. The van der Waals surface area contributed by atoms with Crippen LogP contribution in [-0.2, 0) is 11.2 Å². The van der Waals surface area contributed by atoms with Gasteiger partial charge in [-0.05, 0) is 36.0 Å². The van der Waals surface area contributed by atoms with Crippen LogP contribution in [0.2, 0.25) is 0 Å². The number of carbonyl (C=O) groups is 1. The van der Waals surface area contributed by atoms with Gasteiger partial charge in [-0.1, -0.05) is 67.9 Å². The molecule has 4 nitrogen and oxygen atoms in total. The summed E-state index contributed by atoms with van der Waals surface area (Å²) < 4.78 is 4.96. The minimum atomic E-state index is -0.895. The highest BCUT2D eigenvalue weighted by Gasteiger charge is 2.09. The highest BCUT2D eigenvalue weighted by molar-refractivity contribution is 5.67. The molecule has 2 aromatic carbocycles. The third kappa shape index (κ3) is 6.05. The largest absolute Gasteiger partial charge is 0.450 e. The zero-order valence-corrected chi connectivity index (χ0v) is 14.1. The zero-order valence-electron chi connectivity index (χ0n) is 14.1. The summed E-state index contributed by atoms with van der Waals surface area (Å²) in [6.07, 6.45) is 1.48. The second kappa shape index (κ2) is 9.73. The van der Waals surface area contributed by atoms with Crippen LogP contribution < -0.4 is 5.32 Å². The van der Waals surface area contributed by atoms with Gasteiger partial charge in [0.15, 0.2) is 0 Å². The van der Waals surface area contributed by atoms with Gasteiger partial charge in [-0.15, -0.1) is 0 Å². The lowest BCUT2D eigenvalue weighted by atomic mass is 10.0. The lowest BCUT2D eigenvalue weighted by Gasteiger charge is -2.13. The van der Waals surface area contributed by atoms with Crippen LogP contribution in [0.15, 0.2) is 54.6 Å². The molecule has 0 fully saturated rings. The van der Waals surface area contributed by atoms with Gasteiger partial charge in [0.1, 0.15) is 6.23 Å². The van der Waals surface area contributed by atoms with Crippen LogP contribution in [0.4, 0.5) is 4.79 Å². The van der Waals surface area contributed by atoms with E-state index in [4.69, 9.17) is 4.74 Å². The van der Waals surface area contributed by atoms with E-state index in [2.05, 4.69) is 41.7 Å². The lowest BCUT2D eigenvalue weighted by molar-refractivity contribution is 0.0936. The molecule has 0 radical (unpaired) electrons. The normalized spacial score (nSPS) is 11.8. The van der Waals surface area contributed by atoms with Crippen molar-refractivity contribution in [1.82, 2.24) is 5.32 Å². The molecule has 0 spiro atoms. The maximum atomic E-state index is 11.4. The molecule has 2 rings (SSSR count). The van der Waals surface area contributed by atoms with E-state index in [9.17, 15) is 9.90 Å². The number of rotatable bonds is 8. The fourth-order valence-electron chi connectivity index (χ4n) is 2.36. The highest BCUT2D eigenvalue weighted by atomic mass is 16.5. The predicted octanol–water partition coefficient (Wildman–Crippen LogP) is 4.13. The fourth-order valence-corrected chi connectivity index (χ4v) is 2.36. The molecular formula is C20H25NO3. The van der Waals surface area contributed by atoms with E-state index >= 15 is 0 Å². The van der Waals surface area contributed by atoms with Crippen LogP contribution in [0.25, 0.3) is 11.1 Å². The molecule has 0 bridgehead atoms. The molecule has 0 aliphatic carbocycles. The van der Waals surface area contributed by atoms with Crippen LogP contribution in [0, 0.1) is 0 Å². The average Bonchev–Trinajstić information content (AvgIpc) is 2.61. The number of amides is 1. The van der Waals surface area contributed by atoms with Crippen molar-refractivity contribution in [1.29, 1.82) is 0 Å². The first-order chi connectivity index (χ1) is 11.7. The van der Waals surface area contributed by atoms with Gasteiger partial charge in [-0.3, -0.25) is 5.32 Å². The van der Waals surface area contributed by atoms with Crippen LogP contribution in [-0.4, -0.2) is 24.0 Å². The van der Waals surface area contributed by atoms with Crippen molar-refractivity contribution < 1.29 is 14.6 Å². The minimum absolute atomic E-state index is 0.385. The maximum absolute atomic E-state index is 11.4. The number of hydrogen-bond acceptors (Lipinski definition) is 3. The molecule has 4 heteroatoms. The topological polar surface area (TPSA) is 58.6 Å². The first-order valence-corrected chi connectivity index (χ1v) is 8.44. The molecule has 0 aliphatic rings. The number of unbranched alkanes of at least 4 members (excludes halogenated alkanes) is 1. The number of alkyl carbamates (subject to hydrolysis) is 1. The lowest BCUT2D eigenvalue weighted by Crippen LogP contribution is -2.35. The average molecular weight is 327 g/mol. The molecule has 24 heavy (non-hydrogen) atoms. The van der Waals surface area contributed by atoms with Crippen molar-refractivity contribution in [2.75, 3.05) is 6.61 Å². The summed E-state index contributed by atoms with van der Waals surface area (Å²) in [4.78, 5) is 11.4. The molecule has 0 aliphatic heterocycles. The van der Waals surface area contributed by atoms with Gasteiger partial charge < -0.3 is 9.84 Å². The Hall–Kier alpha value is -2.33. The van der Waals surface area contributed by atoms with Gasteiger partial charge in [0, 0.05) is 0 Å². The summed E-state index contributed by atoms with van der Waals surface area (Å²) in [5.41, 5.74) is 3.47. The van der Waals surface area contributed by atoms with Crippen molar-refractivity contribution in [3.63, 3.8) is 0 Å². The van der Waals surface area contributed by atoms with Crippen molar-refractivity contribution in [3.8, 4) is 11.1 Å². The molecule has 128 valence electrons. The van der Waals surface area contributed by atoms with Gasteiger partial charge >= 0.3 is 6.09 Å². The smallest absolute Gasteiger partial charge is 0.409 e. The summed E-state index contributed by atoms with van der Waals surface area (Å²) >= 11 is 0. The number of aliphatic hydroxyl groups excluding tert-OH is 1. The van der Waals surface area contributed by atoms with Crippen LogP contribution >= 0.6 is 0 Å². The predicted molar refractivity (Wildman–Crippen MR) is 95.6 cm³/mol. The number of carbonyl (C=O) groups excluding carboxylic acids is 1. The summed E-state index contributed by atoms with van der Waals surface area (Å²) in [7, 11) is 0. The SMILES string of the molecule is CCCCOC(=O)NC(O)CCc1ccc(-c2ccccc2)cc1. The monoisotopic (exact) mass is 327 g/mol. The fraction of sp³-hybridized carbons (Fsp3) is 0.350. The Labute approximate surface area is 143 Å². The van der Waals surface area contributed by atoms with Crippen molar-refractivity contribution in [2.24, 2.45) is 0 Å². The second-order valence-electron chi connectivity index (χ2n) is 5.75. The molecule has 0 saturated heterocycles. The Morgan fingerprint density at radius 1 is 1.08 bits per heavy atom. The van der Waals surface area contributed by atoms with E-state index in [1.54, 1.807) is 0 Å². The highest BCUT2D eigenvalue weighted by Crippen LogP contribution is 2.19. The molecular weight excluding hydrogens is 302 g/mol. The molecule has 1 amide bonds. The van der Waals surface area contributed by atoms with E-state index < -0.39 is 12.3 Å². The van der Waals surface area contributed by atoms with Gasteiger partial charge in [0.2, 0.25) is 0 Å². The van der Waals surface area contributed by atoms with Gasteiger partial charge in [0.05, 0.1) is 6.61 Å². The number of aryl methyl sites for hydroxylation is 1. The second-order valence-corrected chi connectivity index (χ2v) is 5.75. The third-order valence-electron chi connectivity index (χ3n) is 3.78. The van der Waals surface area contributed by atoms with Gasteiger partial charge in [0.25, 0.3) is 0 Å². The van der Waals surface area contributed by atoms with Gasteiger partial charge in [-0.25, -0.2) is 4.79 Å². The first-order valence-electron chi connectivity index (χ1n) is 8.44. The standard InChI is InChI=1S/C20H25NO3/c1-2-3-15-24-20(23)21-19(22)14-11-16-9-12-18(13-10-16)17-7-5-4-6-8-17/h4-10,12-13,19,22H,2-3,11,14-15H2,1H3,(H,21,23). The van der Waals surface area contributed by atoms with Crippen molar-refractivity contribution in [3.05, 3.63) is 60.2 Å². The van der Waals surface area contributed by atoms with E-state index in [-0.39, 0.29) is 0 Å². The van der Waals surface area contributed by atoms with E-state index in [0.29, 0.717) is 19.4 Å². The molecule has 2 aromatic rings. The number of aliphatic hydroxyl groups is 1. The summed E-state index contributed by atoms with van der Waals surface area (Å²) in [6.45, 7) is 2.41. The maximum Gasteiger partial charge on any atom is 0.409 e. The van der Waals surface area contributed by atoms with Gasteiger partial charge in [-0.2, -0.15) is 0 Å². The Morgan fingerprint density at radius 3 is 2.42 bits per heavy atom. The summed E-state index contributed by atoms with van der Waals surface area (Å²) in [6, 6.07) is 18.4. The third-order valence-corrected chi connectivity index (χ3v) is 3.78. The van der Waals surface area contributed by atoms with Crippen LogP contribution in [0.5, 0.6) is 0 Å².